The number of guanidine groups is 1. The SMILES string of the molecule is CCCNC(=NCc1ccccc1C)NCC. The van der Waals surface area contributed by atoms with Crippen molar-refractivity contribution in [3.8, 4) is 0 Å². The summed E-state index contributed by atoms with van der Waals surface area (Å²) in [7, 11) is 0. The summed E-state index contributed by atoms with van der Waals surface area (Å²) in [5.74, 6) is 0.901. The molecule has 0 aromatic heterocycles. The lowest BCUT2D eigenvalue weighted by molar-refractivity contribution is 0.785. The maximum atomic E-state index is 4.58. The second-order valence-electron chi connectivity index (χ2n) is 4.05. The van der Waals surface area contributed by atoms with Gasteiger partial charge in [-0.1, -0.05) is 31.2 Å². The van der Waals surface area contributed by atoms with Crippen LogP contribution in [0.1, 0.15) is 31.4 Å². The topological polar surface area (TPSA) is 36.4 Å². The molecule has 0 fully saturated rings. The zero-order valence-electron chi connectivity index (χ0n) is 11.1. The molecule has 0 heterocycles. The molecule has 0 aliphatic heterocycles. The standard InChI is InChI=1S/C14H23N3/c1-4-10-16-14(15-5-2)17-11-13-9-7-6-8-12(13)3/h6-9H,4-5,10-11H2,1-3H3,(H2,15,16,17). The first-order chi connectivity index (χ1) is 8.27. The zero-order chi connectivity index (χ0) is 12.5. The molecule has 0 aliphatic rings. The van der Waals surface area contributed by atoms with Gasteiger partial charge in [0.05, 0.1) is 6.54 Å². The van der Waals surface area contributed by atoms with Crippen molar-refractivity contribution in [2.24, 2.45) is 4.99 Å². The van der Waals surface area contributed by atoms with E-state index >= 15 is 0 Å². The quantitative estimate of drug-likeness (QED) is 0.605. The molecule has 0 radical (unpaired) electrons. The highest BCUT2D eigenvalue weighted by Crippen LogP contribution is 2.07. The van der Waals surface area contributed by atoms with Gasteiger partial charge in [0.1, 0.15) is 0 Å². The van der Waals surface area contributed by atoms with Crippen molar-refractivity contribution in [3.05, 3.63) is 35.4 Å². The predicted octanol–water partition coefficient (Wildman–Crippen LogP) is 2.46. The molecule has 1 aromatic rings. The van der Waals surface area contributed by atoms with Crippen LogP contribution in [-0.2, 0) is 6.54 Å². The Labute approximate surface area is 104 Å². The van der Waals surface area contributed by atoms with E-state index < -0.39 is 0 Å². The van der Waals surface area contributed by atoms with Crippen LogP contribution in [0.4, 0.5) is 0 Å². The molecular weight excluding hydrogens is 210 g/mol. The Morgan fingerprint density at radius 2 is 1.94 bits per heavy atom. The van der Waals surface area contributed by atoms with E-state index in [4.69, 9.17) is 0 Å². The highest BCUT2D eigenvalue weighted by Gasteiger charge is 1.98. The van der Waals surface area contributed by atoms with Crippen LogP contribution < -0.4 is 10.6 Å². The number of nitrogens with one attached hydrogen (secondary N) is 2. The molecule has 0 aliphatic carbocycles. The van der Waals surface area contributed by atoms with Crippen LogP contribution in [0.5, 0.6) is 0 Å². The number of hydrogen-bond acceptors (Lipinski definition) is 1. The van der Waals surface area contributed by atoms with Crippen LogP contribution >= 0.6 is 0 Å². The predicted molar refractivity (Wildman–Crippen MR) is 74.3 cm³/mol. The number of nitrogens with zero attached hydrogens (tertiary/aromatic N) is 1. The molecule has 3 nitrogen and oxygen atoms in total. The summed E-state index contributed by atoms with van der Waals surface area (Å²) in [6.45, 7) is 8.93. The van der Waals surface area contributed by atoms with E-state index in [0.29, 0.717) is 0 Å². The minimum Gasteiger partial charge on any atom is -0.357 e. The molecule has 0 unspecified atom stereocenters. The molecule has 0 saturated carbocycles. The average molecular weight is 233 g/mol. The first kappa shape index (κ1) is 13.6. The van der Waals surface area contributed by atoms with Gasteiger partial charge in [-0.2, -0.15) is 0 Å². The Hall–Kier alpha value is -1.51. The lowest BCUT2D eigenvalue weighted by Gasteiger charge is -2.10. The van der Waals surface area contributed by atoms with E-state index in [1.807, 2.05) is 0 Å². The van der Waals surface area contributed by atoms with Crippen LogP contribution in [0.25, 0.3) is 0 Å². The monoisotopic (exact) mass is 233 g/mol. The van der Waals surface area contributed by atoms with Gasteiger partial charge in [-0.15, -0.1) is 0 Å². The maximum absolute atomic E-state index is 4.58. The number of benzene rings is 1. The van der Waals surface area contributed by atoms with E-state index in [9.17, 15) is 0 Å². The molecule has 3 heteroatoms. The number of aryl methyl sites for hydroxylation is 1. The molecular formula is C14H23N3. The molecule has 0 bridgehead atoms. The van der Waals surface area contributed by atoms with Crippen LogP contribution in [-0.4, -0.2) is 19.0 Å². The first-order valence-electron chi connectivity index (χ1n) is 6.34. The fraction of sp³-hybridized carbons (Fsp3) is 0.500. The Balaban J connectivity index is 2.61. The smallest absolute Gasteiger partial charge is 0.191 e. The summed E-state index contributed by atoms with van der Waals surface area (Å²) in [5.41, 5.74) is 2.57. The molecule has 0 atom stereocenters. The van der Waals surface area contributed by atoms with Gasteiger partial charge in [0.25, 0.3) is 0 Å². The Morgan fingerprint density at radius 1 is 1.18 bits per heavy atom. The number of hydrogen-bond donors (Lipinski definition) is 2. The van der Waals surface area contributed by atoms with E-state index in [0.717, 1.165) is 32.0 Å². The van der Waals surface area contributed by atoms with Gasteiger partial charge in [-0.05, 0) is 31.4 Å². The summed E-state index contributed by atoms with van der Waals surface area (Å²) in [6.07, 6.45) is 1.11. The zero-order valence-corrected chi connectivity index (χ0v) is 11.1. The summed E-state index contributed by atoms with van der Waals surface area (Å²) < 4.78 is 0. The second kappa shape index (κ2) is 7.71. The van der Waals surface area contributed by atoms with Gasteiger partial charge < -0.3 is 10.6 Å². The van der Waals surface area contributed by atoms with Crippen molar-refractivity contribution in [3.63, 3.8) is 0 Å². The lowest BCUT2D eigenvalue weighted by atomic mass is 10.1. The lowest BCUT2D eigenvalue weighted by Crippen LogP contribution is -2.37. The van der Waals surface area contributed by atoms with Crippen LogP contribution in [0.3, 0.4) is 0 Å². The van der Waals surface area contributed by atoms with Crippen molar-refractivity contribution in [2.45, 2.75) is 33.7 Å². The van der Waals surface area contributed by atoms with Gasteiger partial charge >= 0.3 is 0 Å². The second-order valence-corrected chi connectivity index (χ2v) is 4.05. The Morgan fingerprint density at radius 3 is 2.59 bits per heavy atom. The summed E-state index contributed by atoms with van der Waals surface area (Å²) in [6, 6.07) is 8.37. The highest BCUT2D eigenvalue weighted by atomic mass is 15.2. The summed E-state index contributed by atoms with van der Waals surface area (Å²) in [5, 5.41) is 6.54. The fourth-order valence-electron chi connectivity index (χ4n) is 1.54. The first-order valence-corrected chi connectivity index (χ1v) is 6.34. The number of rotatable bonds is 5. The molecule has 2 N–H and O–H groups in total. The highest BCUT2D eigenvalue weighted by molar-refractivity contribution is 5.79. The molecule has 0 saturated heterocycles. The van der Waals surface area contributed by atoms with Gasteiger partial charge in [0.15, 0.2) is 5.96 Å². The Bertz CT molecular complexity index is 358. The van der Waals surface area contributed by atoms with Crippen molar-refractivity contribution < 1.29 is 0 Å². The van der Waals surface area contributed by atoms with E-state index in [1.165, 1.54) is 11.1 Å². The minimum absolute atomic E-state index is 0.728. The van der Waals surface area contributed by atoms with Crippen molar-refractivity contribution in [1.29, 1.82) is 0 Å². The molecule has 17 heavy (non-hydrogen) atoms. The molecule has 94 valence electrons. The molecule has 1 rings (SSSR count). The summed E-state index contributed by atoms with van der Waals surface area (Å²) >= 11 is 0. The molecule has 1 aromatic carbocycles. The maximum Gasteiger partial charge on any atom is 0.191 e. The molecule has 0 spiro atoms. The van der Waals surface area contributed by atoms with E-state index in [-0.39, 0.29) is 0 Å². The Kier molecular flexibility index (Phi) is 6.15. The van der Waals surface area contributed by atoms with Crippen molar-refractivity contribution in [2.75, 3.05) is 13.1 Å². The van der Waals surface area contributed by atoms with Crippen molar-refractivity contribution in [1.82, 2.24) is 10.6 Å². The third-order valence-electron chi connectivity index (χ3n) is 2.56. The average Bonchev–Trinajstić information content (AvgIpc) is 2.34. The van der Waals surface area contributed by atoms with Gasteiger partial charge in [-0.25, -0.2) is 4.99 Å². The van der Waals surface area contributed by atoms with Gasteiger partial charge in [-0.3, -0.25) is 0 Å². The van der Waals surface area contributed by atoms with Gasteiger partial charge in [0, 0.05) is 13.1 Å². The van der Waals surface area contributed by atoms with E-state index in [1.54, 1.807) is 0 Å². The van der Waals surface area contributed by atoms with Crippen molar-refractivity contribution >= 4 is 5.96 Å². The van der Waals surface area contributed by atoms with Crippen LogP contribution in [0.2, 0.25) is 0 Å². The minimum atomic E-state index is 0.728. The van der Waals surface area contributed by atoms with Crippen LogP contribution in [0.15, 0.2) is 29.3 Å². The number of aliphatic imine (C=N–C) groups is 1. The largest absolute Gasteiger partial charge is 0.357 e. The third kappa shape index (κ3) is 4.89. The fourth-order valence-corrected chi connectivity index (χ4v) is 1.54. The summed E-state index contributed by atoms with van der Waals surface area (Å²) in [4.78, 5) is 4.58. The van der Waals surface area contributed by atoms with E-state index in [2.05, 4.69) is 60.7 Å². The van der Waals surface area contributed by atoms with Crippen LogP contribution in [0, 0.1) is 6.92 Å². The van der Waals surface area contributed by atoms with Gasteiger partial charge in [0.2, 0.25) is 0 Å². The normalized spacial score (nSPS) is 11.4. The molecule has 0 amide bonds. The third-order valence-corrected chi connectivity index (χ3v) is 2.56.